The lowest BCUT2D eigenvalue weighted by Crippen LogP contribution is -2.40. The Kier molecular flexibility index (Phi) is 5.09. The van der Waals surface area contributed by atoms with Crippen molar-refractivity contribution in [3.8, 4) is 0 Å². The largest absolute Gasteiger partial charge is 0.311 e. The summed E-state index contributed by atoms with van der Waals surface area (Å²) in [5, 5.41) is 6.61. The summed E-state index contributed by atoms with van der Waals surface area (Å²) in [6, 6.07) is 5.35. The van der Waals surface area contributed by atoms with E-state index in [1.54, 1.807) is 6.07 Å². The van der Waals surface area contributed by atoms with E-state index < -0.39 is 0 Å². The van der Waals surface area contributed by atoms with Crippen LogP contribution in [0.5, 0.6) is 0 Å². The van der Waals surface area contributed by atoms with Gasteiger partial charge in [-0.15, -0.1) is 0 Å². The average molecular weight is 238 g/mol. The summed E-state index contributed by atoms with van der Waals surface area (Å²) < 4.78 is 13.5. The van der Waals surface area contributed by atoms with Crippen LogP contribution in [0.1, 0.15) is 31.9 Å². The Labute approximate surface area is 104 Å². The summed E-state index contributed by atoms with van der Waals surface area (Å²) in [4.78, 5) is 0. The zero-order valence-electron chi connectivity index (χ0n) is 11.2. The second-order valence-corrected chi connectivity index (χ2v) is 5.45. The van der Waals surface area contributed by atoms with Crippen molar-refractivity contribution >= 4 is 0 Å². The van der Waals surface area contributed by atoms with E-state index in [0.717, 1.165) is 24.2 Å². The molecule has 0 unspecified atom stereocenters. The van der Waals surface area contributed by atoms with Crippen LogP contribution in [0.25, 0.3) is 0 Å². The van der Waals surface area contributed by atoms with E-state index in [1.807, 2.05) is 19.1 Å². The van der Waals surface area contributed by atoms with Crippen molar-refractivity contribution in [1.82, 2.24) is 10.6 Å². The fourth-order valence-corrected chi connectivity index (χ4v) is 1.54. The summed E-state index contributed by atoms with van der Waals surface area (Å²) >= 11 is 0. The first-order valence-corrected chi connectivity index (χ1v) is 6.09. The first-order valence-electron chi connectivity index (χ1n) is 6.09. The molecular weight excluding hydrogens is 215 g/mol. The van der Waals surface area contributed by atoms with Crippen molar-refractivity contribution in [3.63, 3.8) is 0 Å². The number of rotatable bonds is 5. The minimum Gasteiger partial charge on any atom is -0.311 e. The van der Waals surface area contributed by atoms with Gasteiger partial charge in [0.05, 0.1) is 0 Å². The summed E-state index contributed by atoms with van der Waals surface area (Å²) in [5.41, 5.74) is 1.82. The maximum atomic E-state index is 13.5. The smallest absolute Gasteiger partial charge is 0.127 e. The Morgan fingerprint density at radius 1 is 1.18 bits per heavy atom. The van der Waals surface area contributed by atoms with Gasteiger partial charge in [-0.1, -0.05) is 12.1 Å². The van der Waals surface area contributed by atoms with Crippen molar-refractivity contribution in [1.29, 1.82) is 0 Å². The fourth-order valence-electron chi connectivity index (χ4n) is 1.54. The third-order valence-corrected chi connectivity index (χ3v) is 2.48. The van der Waals surface area contributed by atoms with E-state index in [1.165, 1.54) is 0 Å². The van der Waals surface area contributed by atoms with Gasteiger partial charge in [-0.3, -0.25) is 0 Å². The predicted octanol–water partition coefficient (Wildman–Crippen LogP) is 2.61. The van der Waals surface area contributed by atoms with Gasteiger partial charge in [0.1, 0.15) is 5.82 Å². The van der Waals surface area contributed by atoms with E-state index >= 15 is 0 Å². The van der Waals surface area contributed by atoms with Crippen LogP contribution in [0.3, 0.4) is 0 Å². The van der Waals surface area contributed by atoms with Crippen molar-refractivity contribution < 1.29 is 4.39 Å². The van der Waals surface area contributed by atoms with Gasteiger partial charge < -0.3 is 10.6 Å². The number of hydrogen-bond acceptors (Lipinski definition) is 2. The first-order chi connectivity index (χ1) is 7.88. The predicted molar refractivity (Wildman–Crippen MR) is 70.6 cm³/mol. The summed E-state index contributed by atoms with van der Waals surface area (Å²) in [6.45, 7) is 10.6. The highest BCUT2D eigenvalue weighted by molar-refractivity contribution is 5.23. The summed E-state index contributed by atoms with van der Waals surface area (Å²) in [7, 11) is 0. The monoisotopic (exact) mass is 238 g/mol. The Hall–Kier alpha value is -0.930. The van der Waals surface area contributed by atoms with Crippen LogP contribution in [-0.4, -0.2) is 18.6 Å². The van der Waals surface area contributed by atoms with Gasteiger partial charge in [0.2, 0.25) is 0 Å². The van der Waals surface area contributed by atoms with Crippen LogP contribution in [-0.2, 0) is 6.54 Å². The molecule has 2 nitrogen and oxygen atoms in total. The molecule has 0 atom stereocenters. The van der Waals surface area contributed by atoms with Crippen molar-refractivity contribution in [2.24, 2.45) is 0 Å². The molecular formula is C14H23FN2. The van der Waals surface area contributed by atoms with Gasteiger partial charge in [0, 0.05) is 30.7 Å². The molecule has 0 fully saturated rings. The van der Waals surface area contributed by atoms with Crippen LogP contribution in [0.2, 0.25) is 0 Å². The molecule has 2 N–H and O–H groups in total. The zero-order chi connectivity index (χ0) is 12.9. The van der Waals surface area contributed by atoms with E-state index in [2.05, 4.69) is 31.4 Å². The molecule has 96 valence electrons. The fraction of sp³-hybridized carbons (Fsp3) is 0.571. The number of aryl methyl sites for hydroxylation is 1. The SMILES string of the molecule is Cc1ccc(CNCCNC(C)(C)C)c(F)c1. The molecule has 0 aliphatic heterocycles. The molecule has 0 heterocycles. The van der Waals surface area contributed by atoms with Gasteiger partial charge in [-0.25, -0.2) is 4.39 Å². The van der Waals surface area contributed by atoms with E-state index in [-0.39, 0.29) is 11.4 Å². The summed E-state index contributed by atoms with van der Waals surface area (Å²) in [6.07, 6.45) is 0. The zero-order valence-corrected chi connectivity index (χ0v) is 11.2. The van der Waals surface area contributed by atoms with E-state index in [0.29, 0.717) is 6.54 Å². The molecule has 0 aromatic heterocycles. The highest BCUT2D eigenvalue weighted by Gasteiger charge is 2.07. The number of benzene rings is 1. The quantitative estimate of drug-likeness (QED) is 0.771. The Morgan fingerprint density at radius 3 is 2.47 bits per heavy atom. The summed E-state index contributed by atoms with van der Waals surface area (Å²) in [5.74, 6) is -0.124. The van der Waals surface area contributed by atoms with Crippen molar-refractivity contribution in [2.75, 3.05) is 13.1 Å². The van der Waals surface area contributed by atoms with Crippen molar-refractivity contribution in [3.05, 3.63) is 35.1 Å². The molecule has 0 aliphatic carbocycles. The normalized spacial score (nSPS) is 11.8. The lowest BCUT2D eigenvalue weighted by molar-refractivity contribution is 0.421. The van der Waals surface area contributed by atoms with Crippen LogP contribution in [0.15, 0.2) is 18.2 Å². The second kappa shape index (κ2) is 6.12. The lowest BCUT2D eigenvalue weighted by Gasteiger charge is -2.20. The molecule has 0 saturated heterocycles. The number of halogens is 1. The molecule has 0 radical (unpaired) electrons. The lowest BCUT2D eigenvalue weighted by atomic mass is 10.1. The molecule has 17 heavy (non-hydrogen) atoms. The maximum absolute atomic E-state index is 13.5. The molecule has 0 saturated carbocycles. The van der Waals surface area contributed by atoms with Gasteiger partial charge >= 0.3 is 0 Å². The second-order valence-electron chi connectivity index (χ2n) is 5.45. The van der Waals surface area contributed by atoms with E-state index in [9.17, 15) is 4.39 Å². The van der Waals surface area contributed by atoms with Gasteiger partial charge in [0.15, 0.2) is 0 Å². The number of nitrogens with one attached hydrogen (secondary N) is 2. The van der Waals surface area contributed by atoms with Crippen LogP contribution in [0, 0.1) is 12.7 Å². The van der Waals surface area contributed by atoms with Crippen LogP contribution < -0.4 is 10.6 Å². The van der Waals surface area contributed by atoms with Gasteiger partial charge in [-0.05, 0) is 39.3 Å². The van der Waals surface area contributed by atoms with Gasteiger partial charge in [0.25, 0.3) is 0 Å². The Balaban J connectivity index is 2.27. The minimum atomic E-state index is -0.124. The molecule has 0 aliphatic rings. The Bertz CT molecular complexity index is 356. The highest BCUT2D eigenvalue weighted by Crippen LogP contribution is 2.09. The minimum absolute atomic E-state index is 0.124. The first kappa shape index (κ1) is 14.1. The molecule has 0 amide bonds. The molecule has 3 heteroatoms. The van der Waals surface area contributed by atoms with Crippen LogP contribution >= 0.6 is 0 Å². The van der Waals surface area contributed by atoms with E-state index in [4.69, 9.17) is 0 Å². The molecule has 1 aromatic rings. The van der Waals surface area contributed by atoms with Gasteiger partial charge in [-0.2, -0.15) is 0 Å². The Morgan fingerprint density at radius 2 is 1.88 bits per heavy atom. The highest BCUT2D eigenvalue weighted by atomic mass is 19.1. The van der Waals surface area contributed by atoms with Crippen molar-refractivity contribution in [2.45, 2.75) is 39.8 Å². The maximum Gasteiger partial charge on any atom is 0.127 e. The molecule has 1 rings (SSSR count). The average Bonchev–Trinajstić information content (AvgIpc) is 2.18. The third-order valence-electron chi connectivity index (χ3n) is 2.48. The molecule has 0 bridgehead atoms. The topological polar surface area (TPSA) is 24.1 Å². The third kappa shape index (κ3) is 5.80. The standard InChI is InChI=1S/C14H23FN2/c1-11-5-6-12(13(15)9-11)10-16-7-8-17-14(2,3)4/h5-6,9,16-17H,7-8,10H2,1-4H3. The van der Waals surface area contributed by atoms with Crippen LogP contribution in [0.4, 0.5) is 4.39 Å². The molecule has 1 aromatic carbocycles. The molecule has 0 spiro atoms. The number of hydrogen-bond donors (Lipinski definition) is 2.